The van der Waals surface area contributed by atoms with Gasteiger partial charge in [-0.2, -0.15) is 0 Å². The molecule has 0 aromatic carbocycles. The maximum Gasteiger partial charge on any atom is 0.317 e. The first-order valence-corrected chi connectivity index (χ1v) is 8.74. The van der Waals surface area contributed by atoms with E-state index in [9.17, 15) is 9.90 Å². The fourth-order valence-electron chi connectivity index (χ4n) is 2.96. The summed E-state index contributed by atoms with van der Waals surface area (Å²) in [5.74, 6) is 1.00. The standard InChI is InChI=1S/C18H30N4O2/c1-5-21(13-18(3,4)24)17(23)20-15-8-10-22(11-9-15)16-7-6-14(2)12-19-16/h6-7,12,15,24H,5,8-11,13H2,1-4H3,(H,20,23). The van der Waals surface area contributed by atoms with E-state index in [1.165, 1.54) is 0 Å². The Balaban J connectivity index is 1.83. The molecule has 1 aliphatic heterocycles. The lowest BCUT2D eigenvalue weighted by molar-refractivity contribution is 0.0474. The zero-order chi connectivity index (χ0) is 17.7. The zero-order valence-electron chi connectivity index (χ0n) is 15.2. The third kappa shape index (κ3) is 5.37. The molecule has 1 aromatic heterocycles. The van der Waals surface area contributed by atoms with E-state index in [1.807, 2.05) is 20.0 Å². The maximum absolute atomic E-state index is 12.4. The number of urea groups is 1. The number of amides is 2. The summed E-state index contributed by atoms with van der Waals surface area (Å²) in [5.41, 5.74) is 0.278. The molecule has 2 N–H and O–H groups in total. The lowest BCUT2D eigenvalue weighted by atomic mass is 10.0. The predicted molar refractivity (Wildman–Crippen MR) is 96.3 cm³/mol. The Labute approximate surface area is 144 Å². The fourth-order valence-corrected chi connectivity index (χ4v) is 2.96. The molecule has 0 radical (unpaired) electrons. The number of anilines is 1. The Hall–Kier alpha value is -1.82. The summed E-state index contributed by atoms with van der Waals surface area (Å²) in [4.78, 5) is 20.8. The number of carbonyl (C=O) groups is 1. The van der Waals surface area contributed by atoms with Gasteiger partial charge in [0.2, 0.25) is 0 Å². The molecular formula is C18H30N4O2. The monoisotopic (exact) mass is 334 g/mol. The second-order valence-electron chi connectivity index (χ2n) is 7.23. The van der Waals surface area contributed by atoms with Gasteiger partial charge in [0.05, 0.1) is 12.1 Å². The van der Waals surface area contributed by atoms with Crippen molar-refractivity contribution in [3.63, 3.8) is 0 Å². The predicted octanol–water partition coefficient (Wildman–Crippen LogP) is 2.16. The number of aromatic nitrogens is 1. The van der Waals surface area contributed by atoms with Crippen molar-refractivity contribution in [2.24, 2.45) is 0 Å². The first-order valence-electron chi connectivity index (χ1n) is 8.74. The number of rotatable bonds is 5. The lowest BCUT2D eigenvalue weighted by Crippen LogP contribution is -2.52. The zero-order valence-corrected chi connectivity index (χ0v) is 15.2. The van der Waals surface area contributed by atoms with Gasteiger partial charge in [-0.05, 0) is 52.2 Å². The highest BCUT2D eigenvalue weighted by Crippen LogP contribution is 2.18. The Morgan fingerprint density at radius 3 is 2.58 bits per heavy atom. The van der Waals surface area contributed by atoms with Crippen LogP contribution in [0, 0.1) is 6.92 Å². The molecule has 2 amide bonds. The second kappa shape index (κ2) is 7.83. The highest BCUT2D eigenvalue weighted by molar-refractivity contribution is 5.74. The van der Waals surface area contributed by atoms with Gasteiger partial charge in [0.15, 0.2) is 0 Å². The van der Waals surface area contributed by atoms with Crippen LogP contribution in [0.5, 0.6) is 0 Å². The third-order valence-electron chi connectivity index (χ3n) is 4.29. The molecule has 2 heterocycles. The van der Waals surface area contributed by atoms with Gasteiger partial charge in [0, 0.05) is 31.9 Å². The molecule has 24 heavy (non-hydrogen) atoms. The number of nitrogens with zero attached hydrogens (tertiary/aromatic N) is 3. The number of likely N-dealkylation sites (N-methyl/N-ethyl adjacent to an activating group) is 1. The molecule has 2 rings (SSSR count). The van der Waals surface area contributed by atoms with E-state index in [0.717, 1.165) is 37.3 Å². The minimum Gasteiger partial charge on any atom is -0.389 e. The first kappa shape index (κ1) is 18.5. The molecule has 1 aliphatic rings. The van der Waals surface area contributed by atoms with Crippen LogP contribution in [0.3, 0.4) is 0 Å². The molecule has 6 heteroatoms. The summed E-state index contributed by atoms with van der Waals surface area (Å²) in [7, 11) is 0. The van der Waals surface area contributed by atoms with Crippen LogP contribution in [0.1, 0.15) is 39.2 Å². The first-order chi connectivity index (χ1) is 11.3. The number of nitrogens with one attached hydrogen (secondary N) is 1. The van der Waals surface area contributed by atoms with Crippen LogP contribution < -0.4 is 10.2 Å². The normalized spacial score (nSPS) is 16.1. The second-order valence-corrected chi connectivity index (χ2v) is 7.23. The smallest absolute Gasteiger partial charge is 0.317 e. The Morgan fingerprint density at radius 1 is 1.42 bits per heavy atom. The molecule has 1 fully saturated rings. The van der Waals surface area contributed by atoms with E-state index in [0.29, 0.717) is 13.1 Å². The number of aryl methyl sites for hydroxylation is 1. The summed E-state index contributed by atoms with van der Waals surface area (Å²) in [6.07, 6.45) is 3.70. The number of hydrogen-bond acceptors (Lipinski definition) is 4. The molecule has 134 valence electrons. The van der Waals surface area contributed by atoms with Gasteiger partial charge in [-0.3, -0.25) is 0 Å². The topological polar surface area (TPSA) is 68.7 Å². The van der Waals surface area contributed by atoms with E-state index in [2.05, 4.69) is 27.3 Å². The molecule has 1 saturated heterocycles. The van der Waals surface area contributed by atoms with Gasteiger partial charge in [0.1, 0.15) is 5.82 Å². The number of hydrogen-bond donors (Lipinski definition) is 2. The fraction of sp³-hybridized carbons (Fsp3) is 0.667. The summed E-state index contributed by atoms with van der Waals surface area (Å²) < 4.78 is 0. The molecule has 0 atom stereocenters. The largest absolute Gasteiger partial charge is 0.389 e. The molecule has 0 aliphatic carbocycles. The molecular weight excluding hydrogens is 304 g/mol. The summed E-state index contributed by atoms with van der Waals surface area (Å²) in [6.45, 7) is 10.1. The Morgan fingerprint density at radius 2 is 2.08 bits per heavy atom. The molecule has 6 nitrogen and oxygen atoms in total. The Kier molecular flexibility index (Phi) is 6.04. The van der Waals surface area contributed by atoms with E-state index in [4.69, 9.17) is 0 Å². The number of pyridine rings is 1. The van der Waals surface area contributed by atoms with Crippen molar-refractivity contribution >= 4 is 11.8 Å². The van der Waals surface area contributed by atoms with Crippen LogP contribution in [0.15, 0.2) is 18.3 Å². The van der Waals surface area contributed by atoms with Crippen molar-refractivity contribution in [3.05, 3.63) is 23.9 Å². The van der Waals surface area contributed by atoms with E-state index in [-0.39, 0.29) is 12.1 Å². The quantitative estimate of drug-likeness (QED) is 0.866. The van der Waals surface area contributed by atoms with Gasteiger partial charge in [0.25, 0.3) is 0 Å². The van der Waals surface area contributed by atoms with Crippen molar-refractivity contribution < 1.29 is 9.90 Å². The summed E-state index contributed by atoms with van der Waals surface area (Å²) >= 11 is 0. The number of aliphatic hydroxyl groups is 1. The van der Waals surface area contributed by atoms with Gasteiger partial charge in [-0.1, -0.05) is 6.07 Å². The van der Waals surface area contributed by atoms with Crippen LogP contribution in [0.2, 0.25) is 0 Å². The van der Waals surface area contributed by atoms with Crippen LogP contribution in [-0.2, 0) is 0 Å². The number of carbonyl (C=O) groups excluding carboxylic acids is 1. The molecule has 0 bridgehead atoms. The van der Waals surface area contributed by atoms with Crippen LogP contribution in [0.4, 0.5) is 10.6 Å². The average molecular weight is 334 g/mol. The van der Waals surface area contributed by atoms with Gasteiger partial charge < -0.3 is 20.2 Å². The van der Waals surface area contributed by atoms with Crippen molar-refractivity contribution in [2.75, 3.05) is 31.1 Å². The summed E-state index contributed by atoms with van der Waals surface area (Å²) in [5, 5.41) is 13.0. The van der Waals surface area contributed by atoms with Crippen molar-refractivity contribution in [2.45, 2.75) is 52.2 Å². The van der Waals surface area contributed by atoms with Gasteiger partial charge >= 0.3 is 6.03 Å². The van der Waals surface area contributed by atoms with Gasteiger partial charge in [-0.15, -0.1) is 0 Å². The number of piperidine rings is 1. The SMILES string of the molecule is CCN(CC(C)(C)O)C(=O)NC1CCN(c2ccc(C)cn2)CC1. The van der Waals surface area contributed by atoms with Crippen LogP contribution in [0.25, 0.3) is 0 Å². The third-order valence-corrected chi connectivity index (χ3v) is 4.29. The van der Waals surface area contributed by atoms with Crippen LogP contribution in [-0.4, -0.2) is 58.8 Å². The van der Waals surface area contributed by atoms with Crippen molar-refractivity contribution in [3.8, 4) is 0 Å². The van der Waals surface area contributed by atoms with Crippen molar-refractivity contribution in [1.82, 2.24) is 15.2 Å². The van der Waals surface area contributed by atoms with Crippen LogP contribution >= 0.6 is 0 Å². The highest BCUT2D eigenvalue weighted by Gasteiger charge is 2.25. The van der Waals surface area contributed by atoms with E-state index < -0.39 is 5.60 Å². The molecule has 1 aromatic rings. The maximum atomic E-state index is 12.4. The average Bonchev–Trinajstić information content (AvgIpc) is 2.53. The minimum absolute atomic E-state index is 0.0912. The van der Waals surface area contributed by atoms with Gasteiger partial charge in [-0.25, -0.2) is 9.78 Å². The van der Waals surface area contributed by atoms with E-state index in [1.54, 1.807) is 18.7 Å². The minimum atomic E-state index is -0.881. The lowest BCUT2D eigenvalue weighted by Gasteiger charge is -2.35. The highest BCUT2D eigenvalue weighted by atomic mass is 16.3. The summed E-state index contributed by atoms with van der Waals surface area (Å²) in [6, 6.07) is 4.21. The molecule has 0 unspecified atom stereocenters. The molecule has 0 saturated carbocycles. The Bertz CT molecular complexity index is 531. The van der Waals surface area contributed by atoms with Crippen molar-refractivity contribution in [1.29, 1.82) is 0 Å². The molecule has 0 spiro atoms. The van der Waals surface area contributed by atoms with E-state index >= 15 is 0 Å².